The molecule has 0 radical (unpaired) electrons. The predicted molar refractivity (Wildman–Crippen MR) is 230 cm³/mol. The molecule has 0 unspecified atom stereocenters. The highest BCUT2D eigenvalue weighted by atomic mass is 15.0. The van der Waals surface area contributed by atoms with Gasteiger partial charge in [-0.15, -0.1) is 0 Å². The molecule has 0 atom stereocenters. The van der Waals surface area contributed by atoms with E-state index < -0.39 is 0 Å². The van der Waals surface area contributed by atoms with Crippen molar-refractivity contribution < 1.29 is 0 Å². The Hall–Kier alpha value is -6.64. The van der Waals surface area contributed by atoms with Crippen LogP contribution < -0.4 is 0 Å². The molecule has 258 valence electrons. The molecule has 0 aliphatic heterocycles. The van der Waals surface area contributed by atoms with E-state index in [0.29, 0.717) is 0 Å². The van der Waals surface area contributed by atoms with Crippen LogP contribution in [0.2, 0.25) is 0 Å². The van der Waals surface area contributed by atoms with Gasteiger partial charge >= 0.3 is 0 Å². The van der Waals surface area contributed by atoms with Crippen LogP contribution in [0, 0.1) is 0 Å². The average Bonchev–Trinajstić information content (AvgIpc) is 3.75. The van der Waals surface area contributed by atoms with Gasteiger partial charge in [-0.25, -0.2) is 0 Å². The summed E-state index contributed by atoms with van der Waals surface area (Å²) >= 11 is 0. The minimum atomic E-state index is 1.11. The molecule has 0 fully saturated rings. The van der Waals surface area contributed by atoms with Crippen molar-refractivity contribution in [3.05, 3.63) is 194 Å². The lowest BCUT2D eigenvalue weighted by molar-refractivity contribution is 0.795. The zero-order valence-electron chi connectivity index (χ0n) is 30.4. The Morgan fingerprint density at radius 3 is 1.61 bits per heavy atom. The van der Waals surface area contributed by atoms with Crippen molar-refractivity contribution >= 4 is 43.6 Å². The second-order valence-electron chi connectivity index (χ2n) is 14.4. The van der Waals surface area contributed by atoms with E-state index in [0.717, 1.165) is 12.1 Å². The van der Waals surface area contributed by atoms with Crippen LogP contribution in [0.15, 0.2) is 188 Å². The van der Waals surface area contributed by atoms with Gasteiger partial charge in [0.05, 0.1) is 27.8 Å². The van der Waals surface area contributed by atoms with Gasteiger partial charge in [0.2, 0.25) is 0 Å². The molecule has 0 spiro atoms. The number of fused-ring (bicyclic) bond motifs is 6. The Bertz CT molecular complexity index is 2960. The number of hydrogen-bond acceptors (Lipinski definition) is 0. The summed E-state index contributed by atoms with van der Waals surface area (Å²) in [6.45, 7) is 2.26. The number of hydrogen-bond donors (Lipinski definition) is 0. The first-order valence-corrected chi connectivity index (χ1v) is 19.2. The van der Waals surface area contributed by atoms with Gasteiger partial charge in [-0.1, -0.05) is 147 Å². The second kappa shape index (κ2) is 13.4. The van der Waals surface area contributed by atoms with Crippen LogP contribution in [0.1, 0.15) is 25.3 Å². The van der Waals surface area contributed by atoms with E-state index in [1.165, 1.54) is 101 Å². The van der Waals surface area contributed by atoms with E-state index >= 15 is 0 Å². The van der Waals surface area contributed by atoms with E-state index in [1.54, 1.807) is 0 Å². The molecular formula is C52H40N2. The molecule has 0 amide bonds. The maximum Gasteiger partial charge on any atom is 0.0541 e. The van der Waals surface area contributed by atoms with Crippen LogP contribution in [0.4, 0.5) is 0 Å². The van der Waals surface area contributed by atoms with Crippen LogP contribution in [0.3, 0.4) is 0 Å². The van der Waals surface area contributed by atoms with Crippen LogP contribution in [0.25, 0.3) is 88.4 Å². The molecule has 2 aromatic heterocycles. The maximum absolute atomic E-state index is 2.46. The molecule has 0 N–H and O–H groups in total. The van der Waals surface area contributed by atoms with Gasteiger partial charge in [0.15, 0.2) is 0 Å². The fourth-order valence-electron chi connectivity index (χ4n) is 8.46. The van der Waals surface area contributed by atoms with Crippen molar-refractivity contribution in [2.24, 2.45) is 0 Å². The molecule has 54 heavy (non-hydrogen) atoms. The Labute approximate surface area is 316 Å². The summed E-state index contributed by atoms with van der Waals surface area (Å²) in [6.07, 6.45) is 3.52. The number of nitrogens with zero attached hydrogens (tertiary/aromatic N) is 2. The van der Waals surface area contributed by atoms with Gasteiger partial charge in [0.1, 0.15) is 0 Å². The third-order valence-electron chi connectivity index (χ3n) is 11.1. The molecule has 2 heterocycles. The smallest absolute Gasteiger partial charge is 0.0541 e. The second-order valence-corrected chi connectivity index (χ2v) is 14.4. The first-order chi connectivity index (χ1) is 26.7. The lowest BCUT2D eigenvalue weighted by atomic mass is 9.99. The molecule has 0 aliphatic carbocycles. The molecule has 0 aliphatic rings. The first-order valence-electron chi connectivity index (χ1n) is 19.2. The molecule has 10 rings (SSSR count). The third-order valence-corrected chi connectivity index (χ3v) is 11.1. The fraction of sp³-hybridized carbons (Fsp3) is 0.0769. The van der Waals surface area contributed by atoms with Crippen molar-refractivity contribution in [3.8, 4) is 44.8 Å². The Balaban J connectivity index is 1.09. The molecule has 2 nitrogen and oxygen atoms in total. The van der Waals surface area contributed by atoms with E-state index in [-0.39, 0.29) is 0 Å². The van der Waals surface area contributed by atoms with Gasteiger partial charge in [-0.05, 0) is 101 Å². The summed E-state index contributed by atoms with van der Waals surface area (Å²) in [6, 6.07) is 69.1. The average molecular weight is 693 g/mol. The highest BCUT2D eigenvalue weighted by Crippen LogP contribution is 2.40. The fourth-order valence-corrected chi connectivity index (χ4v) is 8.46. The predicted octanol–water partition coefficient (Wildman–Crippen LogP) is 14.2. The van der Waals surface area contributed by atoms with Gasteiger partial charge in [-0.2, -0.15) is 0 Å². The van der Waals surface area contributed by atoms with E-state index in [1.807, 2.05) is 0 Å². The van der Waals surface area contributed by atoms with Gasteiger partial charge < -0.3 is 9.13 Å². The van der Waals surface area contributed by atoms with E-state index in [9.17, 15) is 0 Å². The number of aromatic nitrogens is 2. The molecular weight excluding hydrogens is 653 g/mol. The number of rotatable bonds is 8. The summed E-state index contributed by atoms with van der Waals surface area (Å²) in [7, 11) is 0. The third kappa shape index (κ3) is 5.42. The minimum Gasteiger partial charge on any atom is -0.309 e. The number of benzene rings is 8. The molecule has 8 aromatic carbocycles. The molecule has 2 heteroatoms. The van der Waals surface area contributed by atoms with E-state index in [4.69, 9.17) is 0 Å². The zero-order valence-corrected chi connectivity index (χ0v) is 30.4. The van der Waals surface area contributed by atoms with Gasteiger partial charge in [0.25, 0.3) is 0 Å². The topological polar surface area (TPSA) is 9.86 Å². The van der Waals surface area contributed by atoms with Gasteiger partial charge in [-0.3, -0.25) is 0 Å². The molecule has 10 aromatic rings. The lowest BCUT2D eigenvalue weighted by Gasteiger charge is -2.15. The quantitative estimate of drug-likeness (QED) is 0.150. The van der Waals surface area contributed by atoms with Crippen LogP contribution in [0.5, 0.6) is 0 Å². The van der Waals surface area contributed by atoms with E-state index in [2.05, 4.69) is 204 Å². The van der Waals surface area contributed by atoms with Crippen molar-refractivity contribution in [2.75, 3.05) is 0 Å². The van der Waals surface area contributed by atoms with Crippen molar-refractivity contribution in [2.45, 2.75) is 26.2 Å². The standard InChI is InChI=1S/C52H40N2/c1-2-3-14-36-15-13-18-41(33-36)43-19-7-10-22-48(43)54-50-24-12-9-21-45(50)47-35-40(28-32-52(47)54)39-27-31-51-46(34-39)44-20-8-11-23-49(44)53(51)42-29-25-38(26-30-42)37-16-5-4-6-17-37/h4-13,15-35H,2-3,14H2,1H3. The molecule has 0 bridgehead atoms. The highest BCUT2D eigenvalue weighted by molar-refractivity contribution is 6.13. The summed E-state index contributed by atoms with van der Waals surface area (Å²) in [5, 5.41) is 5.04. The van der Waals surface area contributed by atoms with Crippen LogP contribution in [-0.2, 0) is 6.42 Å². The number of unbranched alkanes of at least 4 members (excludes halogenated alkanes) is 1. The molecule has 0 saturated carbocycles. The first kappa shape index (κ1) is 32.0. The Morgan fingerprint density at radius 2 is 0.907 bits per heavy atom. The summed E-state index contributed by atoms with van der Waals surface area (Å²) in [5.41, 5.74) is 16.0. The van der Waals surface area contributed by atoms with Crippen molar-refractivity contribution in [3.63, 3.8) is 0 Å². The molecule has 0 saturated heterocycles. The monoisotopic (exact) mass is 692 g/mol. The normalized spacial score (nSPS) is 11.6. The van der Waals surface area contributed by atoms with Crippen molar-refractivity contribution in [1.29, 1.82) is 0 Å². The van der Waals surface area contributed by atoms with Gasteiger partial charge in [0, 0.05) is 32.8 Å². The summed E-state index contributed by atoms with van der Waals surface area (Å²) in [4.78, 5) is 0. The van der Waals surface area contributed by atoms with Crippen LogP contribution in [-0.4, -0.2) is 9.13 Å². The zero-order chi connectivity index (χ0) is 36.0. The minimum absolute atomic E-state index is 1.11. The largest absolute Gasteiger partial charge is 0.309 e. The Morgan fingerprint density at radius 1 is 0.370 bits per heavy atom. The van der Waals surface area contributed by atoms with Crippen molar-refractivity contribution in [1.82, 2.24) is 9.13 Å². The highest BCUT2D eigenvalue weighted by Gasteiger charge is 2.18. The SMILES string of the molecule is CCCCc1cccc(-c2ccccc2-n2c3ccccc3c3cc(-c4ccc5c(c4)c4ccccc4n5-c4ccc(-c5ccccc5)cc4)ccc32)c1. The Kier molecular flexibility index (Phi) is 7.95. The van der Waals surface area contributed by atoms with Crippen LogP contribution >= 0.6 is 0 Å². The maximum atomic E-state index is 2.46. The summed E-state index contributed by atoms with van der Waals surface area (Å²) < 4.78 is 4.86. The summed E-state index contributed by atoms with van der Waals surface area (Å²) in [5.74, 6) is 0. The lowest BCUT2D eigenvalue weighted by Crippen LogP contribution is -1.97. The number of para-hydroxylation sites is 3. The number of aryl methyl sites for hydroxylation is 1.